The summed E-state index contributed by atoms with van der Waals surface area (Å²) >= 11 is 0. The van der Waals surface area contributed by atoms with Crippen LogP contribution >= 0.6 is 0 Å². The Kier molecular flexibility index (Phi) is 3.82. The van der Waals surface area contributed by atoms with Crippen molar-refractivity contribution in [3.8, 4) is 11.3 Å². The van der Waals surface area contributed by atoms with Gasteiger partial charge in [-0.2, -0.15) is 0 Å². The van der Waals surface area contributed by atoms with Gasteiger partial charge in [0.05, 0.1) is 18.3 Å². The molecule has 6 nitrogen and oxygen atoms in total. The van der Waals surface area contributed by atoms with E-state index in [9.17, 15) is 9.59 Å². The molecule has 22 heavy (non-hydrogen) atoms. The Morgan fingerprint density at radius 3 is 2.73 bits per heavy atom. The number of H-pyrrole nitrogens is 1. The first-order valence-electron chi connectivity index (χ1n) is 6.69. The molecule has 2 N–H and O–H groups in total. The fraction of sp³-hybridized carbons (Fsp3) is 0.0625. The molecule has 0 fully saturated rings. The molecule has 2 aromatic heterocycles. The largest absolute Gasteiger partial charge is 0.439 e. The highest BCUT2D eigenvalue weighted by molar-refractivity contribution is 5.93. The lowest BCUT2D eigenvalue weighted by molar-refractivity contribution is 0.0947. The second-order valence-electron chi connectivity index (χ2n) is 4.61. The minimum Gasteiger partial charge on any atom is -0.439 e. The van der Waals surface area contributed by atoms with Crippen LogP contribution in [0.3, 0.4) is 0 Å². The number of rotatable bonds is 4. The van der Waals surface area contributed by atoms with Crippen LogP contribution in [-0.2, 0) is 6.54 Å². The van der Waals surface area contributed by atoms with E-state index in [-0.39, 0.29) is 18.0 Å². The summed E-state index contributed by atoms with van der Waals surface area (Å²) in [5, 5.41) is 2.68. The monoisotopic (exact) mass is 295 g/mol. The highest BCUT2D eigenvalue weighted by Crippen LogP contribution is 2.19. The van der Waals surface area contributed by atoms with Crippen molar-refractivity contribution >= 4 is 5.91 Å². The van der Waals surface area contributed by atoms with E-state index >= 15 is 0 Å². The fourth-order valence-electron chi connectivity index (χ4n) is 1.94. The molecule has 1 amide bonds. The number of benzene rings is 1. The van der Waals surface area contributed by atoms with Crippen LogP contribution in [0.5, 0.6) is 0 Å². The predicted octanol–water partition coefficient (Wildman–Crippen LogP) is 1.96. The maximum atomic E-state index is 11.9. The minimum atomic E-state index is -0.310. The average Bonchev–Trinajstić information content (AvgIpc) is 3.03. The normalized spacial score (nSPS) is 10.4. The molecule has 3 rings (SSSR count). The second kappa shape index (κ2) is 6.09. The van der Waals surface area contributed by atoms with Crippen LogP contribution in [0.2, 0.25) is 0 Å². The Hall–Kier alpha value is -3.15. The Morgan fingerprint density at radius 1 is 1.18 bits per heavy atom. The lowest BCUT2D eigenvalue weighted by atomic mass is 10.2. The Bertz CT molecular complexity index is 817. The first-order valence-corrected chi connectivity index (χ1v) is 6.69. The summed E-state index contributed by atoms with van der Waals surface area (Å²) in [6.45, 7) is 0.171. The highest BCUT2D eigenvalue weighted by atomic mass is 16.4. The van der Waals surface area contributed by atoms with Crippen LogP contribution in [0.25, 0.3) is 11.3 Å². The molecule has 0 aliphatic carbocycles. The zero-order chi connectivity index (χ0) is 15.4. The first kappa shape index (κ1) is 13.8. The van der Waals surface area contributed by atoms with Gasteiger partial charge in [0.15, 0.2) is 5.76 Å². The number of nitrogens with one attached hydrogen (secondary N) is 2. The van der Waals surface area contributed by atoms with Crippen molar-refractivity contribution in [2.75, 3.05) is 0 Å². The van der Waals surface area contributed by atoms with Crippen molar-refractivity contribution in [3.05, 3.63) is 76.7 Å². The van der Waals surface area contributed by atoms with Gasteiger partial charge in [-0.25, -0.2) is 4.98 Å². The SMILES string of the molecule is O=C(NCc1ncc(-c2ccccc2)o1)c1ccc(=O)[nH]c1. The molecule has 0 unspecified atom stereocenters. The van der Waals surface area contributed by atoms with E-state index in [1.54, 1.807) is 6.20 Å². The summed E-state index contributed by atoms with van der Waals surface area (Å²) in [5.41, 5.74) is 1.04. The van der Waals surface area contributed by atoms with Crippen LogP contribution in [0, 0.1) is 0 Å². The lowest BCUT2D eigenvalue weighted by Gasteiger charge is -2.02. The Morgan fingerprint density at radius 2 is 2.00 bits per heavy atom. The molecule has 1 aromatic carbocycles. The molecule has 0 radical (unpaired) electrons. The van der Waals surface area contributed by atoms with Gasteiger partial charge in [-0.05, 0) is 6.07 Å². The van der Waals surface area contributed by atoms with Crippen molar-refractivity contribution in [1.82, 2.24) is 15.3 Å². The van der Waals surface area contributed by atoms with E-state index in [2.05, 4.69) is 15.3 Å². The van der Waals surface area contributed by atoms with E-state index in [1.807, 2.05) is 30.3 Å². The minimum absolute atomic E-state index is 0.171. The van der Waals surface area contributed by atoms with Crippen molar-refractivity contribution in [1.29, 1.82) is 0 Å². The maximum absolute atomic E-state index is 11.9. The van der Waals surface area contributed by atoms with Crippen LogP contribution in [0.1, 0.15) is 16.2 Å². The smallest absolute Gasteiger partial charge is 0.253 e. The van der Waals surface area contributed by atoms with E-state index in [4.69, 9.17) is 4.42 Å². The summed E-state index contributed by atoms with van der Waals surface area (Å²) in [7, 11) is 0. The van der Waals surface area contributed by atoms with Crippen LogP contribution in [-0.4, -0.2) is 15.9 Å². The number of aromatic nitrogens is 2. The zero-order valence-corrected chi connectivity index (χ0v) is 11.6. The Labute approximate surface area is 125 Å². The molecule has 6 heteroatoms. The third-order valence-corrected chi connectivity index (χ3v) is 3.06. The summed E-state index contributed by atoms with van der Waals surface area (Å²) in [6.07, 6.45) is 2.99. The molecular formula is C16H13N3O3. The number of oxazole rings is 1. The molecule has 3 aromatic rings. The van der Waals surface area contributed by atoms with Gasteiger partial charge in [-0.15, -0.1) is 0 Å². The summed E-state index contributed by atoms with van der Waals surface area (Å²) in [4.78, 5) is 29.4. The van der Waals surface area contributed by atoms with Crippen molar-refractivity contribution < 1.29 is 9.21 Å². The third-order valence-electron chi connectivity index (χ3n) is 3.06. The lowest BCUT2D eigenvalue weighted by Crippen LogP contribution is -2.23. The van der Waals surface area contributed by atoms with E-state index < -0.39 is 0 Å². The third kappa shape index (κ3) is 3.12. The molecule has 0 spiro atoms. The van der Waals surface area contributed by atoms with Gasteiger partial charge in [0, 0.05) is 17.8 Å². The molecule has 0 aliphatic rings. The second-order valence-corrected chi connectivity index (χ2v) is 4.61. The van der Waals surface area contributed by atoms with Crippen molar-refractivity contribution in [3.63, 3.8) is 0 Å². The highest BCUT2D eigenvalue weighted by Gasteiger charge is 2.09. The number of carbonyl (C=O) groups is 1. The molecule has 0 aliphatic heterocycles. The summed E-state index contributed by atoms with van der Waals surface area (Å²) in [5.74, 6) is 0.751. The number of amides is 1. The first-order chi connectivity index (χ1) is 10.7. The molecule has 2 heterocycles. The number of aromatic amines is 1. The van der Waals surface area contributed by atoms with Crippen LogP contribution in [0.4, 0.5) is 0 Å². The quantitative estimate of drug-likeness (QED) is 0.770. The van der Waals surface area contributed by atoms with Gasteiger partial charge in [-0.1, -0.05) is 30.3 Å². The van der Waals surface area contributed by atoms with Crippen molar-refractivity contribution in [2.24, 2.45) is 0 Å². The number of pyridine rings is 1. The number of nitrogens with zero attached hydrogens (tertiary/aromatic N) is 1. The summed E-state index contributed by atoms with van der Waals surface area (Å²) < 4.78 is 5.59. The van der Waals surface area contributed by atoms with Gasteiger partial charge in [0.1, 0.15) is 0 Å². The van der Waals surface area contributed by atoms with E-state index in [1.165, 1.54) is 18.3 Å². The maximum Gasteiger partial charge on any atom is 0.253 e. The number of carbonyl (C=O) groups excluding carboxylic acids is 1. The van der Waals surface area contributed by atoms with E-state index in [0.717, 1.165) is 5.56 Å². The predicted molar refractivity (Wildman–Crippen MR) is 80.2 cm³/mol. The van der Waals surface area contributed by atoms with Gasteiger partial charge in [0.2, 0.25) is 11.4 Å². The van der Waals surface area contributed by atoms with Crippen molar-refractivity contribution in [2.45, 2.75) is 6.54 Å². The molecule has 0 atom stereocenters. The van der Waals surface area contributed by atoms with Gasteiger partial charge < -0.3 is 14.7 Å². The fourth-order valence-corrected chi connectivity index (χ4v) is 1.94. The Balaban J connectivity index is 1.65. The van der Waals surface area contributed by atoms with Crippen LogP contribution in [0.15, 0.2) is 64.1 Å². The topological polar surface area (TPSA) is 88.0 Å². The molecule has 0 bridgehead atoms. The van der Waals surface area contributed by atoms with Gasteiger partial charge in [-0.3, -0.25) is 9.59 Å². The average molecular weight is 295 g/mol. The van der Waals surface area contributed by atoms with E-state index in [0.29, 0.717) is 17.2 Å². The number of hydrogen-bond acceptors (Lipinski definition) is 4. The number of hydrogen-bond donors (Lipinski definition) is 2. The molecule has 110 valence electrons. The van der Waals surface area contributed by atoms with Gasteiger partial charge >= 0.3 is 0 Å². The van der Waals surface area contributed by atoms with Crippen LogP contribution < -0.4 is 10.9 Å². The molecule has 0 saturated carbocycles. The summed E-state index contributed by atoms with van der Waals surface area (Å²) in [6, 6.07) is 12.3. The standard InChI is InChI=1S/C16H13N3O3/c20-14-7-6-12(8-17-14)16(21)19-10-15-18-9-13(22-15)11-4-2-1-3-5-11/h1-9H,10H2,(H,17,20)(H,19,21). The van der Waals surface area contributed by atoms with Gasteiger partial charge in [0.25, 0.3) is 5.91 Å². The molecule has 0 saturated heterocycles. The molecular weight excluding hydrogens is 282 g/mol. The zero-order valence-electron chi connectivity index (χ0n) is 11.6.